The van der Waals surface area contributed by atoms with Crippen LogP contribution in [0, 0.1) is 22.0 Å². The number of hydrogen-bond donors (Lipinski definition) is 0. The molecule has 1 saturated carbocycles. The molecule has 0 amide bonds. The van der Waals surface area contributed by atoms with E-state index in [0.29, 0.717) is 12.3 Å². The average Bonchev–Trinajstić information content (AvgIpc) is 2.46. The summed E-state index contributed by atoms with van der Waals surface area (Å²) in [6, 6.07) is 6.30. The summed E-state index contributed by atoms with van der Waals surface area (Å²) in [6.45, 7) is 3.87. The molecule has 1 saturated heterocycles. The van der Waals surface area contributed by atoms with Crippen LogP contribution >= 0.6 is 0 Å². The van der Waals surface area contributed by atoms with Gasteiger partial charge in [-0.05, 0) is 43.4 Å². The highest BCUT2D eigenvalue weighted by atomic mass is 19.1. The van der Waals surface area contributed by atoms with Crippen LogP contribution in [0.4, 0.5) is 10.1 Å². The summed E-state index contributed by atoms with van der Waals surface area (Å²) in [5.41, 5.74) is -0.368. The molecule has 22 heavy (non-hydrogen) atoms. The van der Waals surface area contributed by atoms with Crippen molar-refractivity contribution in [3.8, 4) is 0 Å². The van der Waals surface area contributed by atoms with Crippen LogP contribution in [0.2, 0.25) is 0 Å². The molecule has 120 valence electrons. The van der Waals surface area contributed by atoms with E-state index in [1.807, 2.05) is 0 Å². The molecule has 2 fully saturated rings. The van der Waals surface area contributed by atoms with E-state index in [0.717, 1.165) is 24.8 Å². The number of nitro benzene ring substituents is 1. The molecule has 0 aromatic heterocycles. The summed E-state index contributed by atoms with van der Waals surface area (Å²) in [7, 11) is 0. The summed E-state index contributed by atoms with van der Waals surface area (Å²) in [4.78, 5) is 10.3. The van der Waals surface area contributed by atoms with Gasteiger partial charge in [-0.3, -0.25) is 10.1 Å². The minimum atomic E-state index is -1.24. The first-order chi connectivity index (χ1) is 10.4. The van der Waals surface area contributed by atoms with Crippen molar-refractivity contribution in [1.29, 1.82) is 0 Å². The van der Waals surface area contributed by atoms with Crippen molar-refractivity contribution >= 4 is 5.69 Å². The fourth-order valence-electron chi connectivity index (χ4n) is 3.95. The zero-order valence-electron chi connectivity index (χ0n) is 13.0. The van der Waals surface area contributed by atoms with Crippen molar-refractivity contribution < 1.29 is 14.1 Å². The van der Waals surface area contributed by atoms with Gasteiger partial charge in [-0.1, -0.05) is 13.3 Å². The first-order valence-electron chi connectivity index (χ1n) is 7.95. The van der Waals surface area contributed by atoms with E-state index in [4.69, 9.17) is 4.74 Å². The molecule has 0 spiro atoms. The Labute approximate surface area is 129 Å². The van der Waals surface area contributed by atoms with Crippen LogP contribution < -0.4 is 0 Å². The molecule has 1 aliphatic heterocycles. The molecule has 1 heterocycles. The molecule has 4 nitrogen and oxygen atoms in total. The normalized spacial score (nSPS) is 38.3. The Bertz CT molecular complexity index is 558. The zero-order valence-corrected chi connectivity index (χ0v) is 13.0. The maximum Gasteiger partial charge on any atom is 0.269 e. The third-order valence-corrected chi connectivity index (χ3v) is 5.23. The van der Waals surface area contributed by atoms with Gasteiger partial charge in [0.25, 0.3) is 5.69 Å². The van der Waals surface area contributed by atoms with Crippen molar-refractivity contribution in [2.75, 3.05) is 0 Å². The van der Waals surface area contributed by atoms with E-state index in [1.165, 1.54) is 12.1 Å². The summed E-state index contributed by atoms with van der Waals surface area (Å²) in [5, 5.41) is 10.7. The highest BCUT2D eigenvalue weighted by Gasteiger charge is 2.49. The number of nitrogens with zero attached hydrogens (tertiary/aromatic N) is 1. The Kier molecular flexibility index (Phi) is 3.93. The number of rotatable bonds is 2. The van der Waals surface area contributed by atoms with E-state index in [-0.39, 0.29) is 23.8 Å². The fraction of sp³-hybridized carbons (Fsp3) is 0.647. The standard InChI is InChI=1S/C17H22FNO3/c1-11-3-8-14-15(9-11)22-16(10-17(14,2)18)12-4-6-13(7-5-12)19(20)21/h4-7,11,14-16H,3,8-10H2,1-2H3/t11-,14-,15-,16-,17?/m1/s1. The Hall–Kier alpha value is -1.49. The van der Waals surface area contributed by atoms with Crippen molar-refractivity contribution in [2.45, 2.75) is 57.4 Å². The Morgan fingerprint density at radius 1 is 1.32 bits per heavy atom. The topological polar surface area (TPSA) is 52.4 Å². The van der Waals surface area contributed by atoms with Crippen LogP contribution in [-0.4, -0.2) is 16.7 Å². The third kappa shape index (κ3) is 2.86. The maximum atomic E-state index is 15.1. The van der Waals surface area contributed by atoms with Crippen molar-refractivity contribution in [2.24, 2.45) is 11.8 Å². The number of nitro groups is 1. The van der Waals surface area contributed by atoms with Gasteiger partial charge in [0.1, 0.15) is 5.67 Å². The van der Waals surface area contributed by atoms with Crippen LogP contribution in [0.15, 0.2) is 24.3 Å². The molecule has 0 bridgehead atoms. The van der Waals surface area contributed by atoms with Crippen molar-refractivity contribution in [3.63, 3.8) is 0 Å². The molecule has 1 aromatic rings. The van der Waals surface area contributed by atoms with Gasteiger partial charge in [0.15, 0.2) is 0 Å². The summed E-state index contributed by atoms with van der Waals surface area (Å²) in [6.07, 6.45) is 2.79. The fourth-order valence-corrected chi connectivity index (χ4v) is 3.95. The quantitative estimate of drug-likeness (QED) is 0.593. The molecule has 0 radical (unpaired) electrons. The molecular formula is C17H22FNO3. The predicted octanol–water partition coefficient (Wildman–Crippen LogP) is 4.59. The molecule has 1 aliphatic carbocycles. The summed E-state index contributed by atoms with van der Waals surface area (Å²) >= 11 is 0. The second-order valence-corrected chi connectivity index (χ2v) is 7.02. The average molecular weight is 307 g/mol. The lowest BCUT2D eigenvalue weighted by molar-refractivity contribution is -0.384. The minimum absolute atomic E-state index is 0.0296. The van der Waals surface area contributed by atoms with E-state index >= 15 is 4.39 Å². The van der Waals surface area contributed by atoms with E-state index in [1.54, 1.807) is 19.1 Å². The van der Waals surface area contributed by atoms with Gasteiger partial charge >= 0.3 is 0 Å². The highest BCUT2D eigenvalue weighted by Crippen LogP contribution is 2.49. The SMILES string of the molecule is C[C@@H]1CC[C@@H]2[C@@H](C1)O[C@@H](c1ccc([N+](=O)[O-])cc1)CC2(C)F. The lowest BCUT2D eigenvalue weighted by atomic mass is 9.69. The predicted molar refractivity (Wildman–Crippen MR) is 81.3 cm³/mol. The monoisotopic (exact) mass is 307 g/mol. The Morgan fingerprint density at radius 3 is 2.64 bits per heavy atom. The molecule has 5 heteroatoms. The van der Waals surface area contributed by atoms with Crippen LogP contribution in [0.25, 0.3) is 0 Å². The van der Waals surface area contributed by atoms with E-state index in [2.05, 4.69) is 6.92 Å². The number of non-ortho nitro benzene ring substituents is 1. The lowest BCUT2D eigenvalue weighted by Crippen LogP contribution is -2.49. The van der Waals surface area contributed by atoms with Gasteiger partial charge in [0.2, 0.25) is 0 Å². The number of alkyl halides is 1. The number of ether oxygens (including phenoxy) is 1. The van der Waals surface area contributed by atoms with Gasteiger partial charge in [-0.2, -0.15) is 0 Å². The number of benzene rings is 1. The molecule has 5 atom stereocenters. The first-order valence-corrected chi connectivity index (χ1v) is 7.95. The lowest BCUT2D eigenvalue weighted by Gasteiger charge is -2.48. The van der Waals surface area contributed by atoms with Crippen LogP contribution in [0.1, 0.15) is 51.2 Å². The van der Waals surface area contributed by atoms with Crippen molar-refractivity contribution in [1.82, 2.24) is 0 Å². The van der Waals surface area contributed by atoms with Crippen LogP contribution in [0.3, 0.4) is 0 Å². The Morgan fingerprint density at radius 2 is 2.00 bits per heavy atom. The maximum absolute atomic E-state index is 15.1. The third-order valence-electron chi connectivity index (χ3n) is 5.23. The zero-order chi connectivity index (χ0) is 15.9. The minimum Gasteiger partial charge on any atom is -0.370 e. The molecule has 1 unspecified atom stereocenters. The van der Waals surface area contributed by atoms with Gasteiger partial charge in [-0.25, -0.2) is 4.39 Å². The van der Waals surface area contributed by atoms with Crippen LogP contribution in [0.5, 0.6) is 0 Å². The van der Waals surface area contributed by atoms with Gasteiger partial charge < -0.3 is 4.74 Å². The van der Waals surface area contributed by atoms with Gasteiger partial charge in [0.05, 0.1) is 17.1 Å². The largest absolute Gasteiger partial charge is 0.370 e. The number of fused-ring (bicyclic) bond motifs is 1. The van der Waals surface area contributed by atoms with Crippen LogP contribution in [-0.2, 0) is 4.74 Å². The second-order valence-electron chi connectivity index (χ2n) is 7.02. The van der Waals surface area contributed by atoms with Gasteiger partial charge in [-0.15, -0.1) is 0 Å². The molecule has 0 N–H and O–H groups in total. The highest BCUT2D eigenvalue weighted by molar-refractivity contribution is 5.34. The van der Waals surface area contributed by atoms with E-state index < -0.39 is 10.6 Å². The van der Waals surface area contributed by atoms with Crippen molar-refractivity contribution in [3.05, 3.63) is 39.9 Å². The first kappa shape index (κ1) is 15.4. The van der Waals surface area contributed by atoms with E-state index in [9.17, 15) is 10.1 Å². The second kappa shape index (κ2) is 5.61. The van der Waals surface area contributed by atoms with Gasteiger partial charge in [0, 0.05) is 24.5 Å². The summed E-state index contributed by atoms with van der Waals surface area (Å²) in [5.74, 6) is 0.533. The number of hydrogen-bond acceptors (Lipinski definition) is 3. The Balaban J connectivity index is 1.81. The number of halogens is 1. The molecule has 1 aromatic carbocycles. The molecular weight excluding hydrogens is 285 g/mol. The smallest absolute Gasteiger partial charge is 0.269 e. The molecule has 3 rings (SSSR count). The summed E-state index contributed by atoms with van der Waals surface area (Å²) < 4.78 is 21.3. The molecule has 2 aliphatic rings.